The number of likely N-dealkylation sites (N-methyl/N-ethyl adjacent to an activating group) is 1. The highest BCUT2D eigenvalue weighted by molar-refractivity contribution is 5.98. The van der Waals surface area contributed by atoms with Crippen LogP contribution in [0.15, 0.2) is 18.2 Å². The molecule has 7 nitrogen and oxygen atoms in total. The molecule has 120 valence electrons. The van der Waals surface area contributed by atoms with Crippen molar-refractivity contribution in [1.29, 1.82) is 0 Å². The monoisotopic (exact) mass is 308 g/mol. The zero-order valence-electron chi connectivity index (χ0n) is 12.8. The Kier molecular flexibility index (Phi) is 4.68. The van der Waals surface area contributed by atoms with Crippen molar-refractivity contribution in [2.45, 2.75) is 12.1 Å². The molecule has 1 heterocycles. The predicted molar refractivity (Wildman–Crippen MR) is 79.3 cm³/mol. The van der Waals surface area contributed by atoms with Crippen LogP contribution in [-0.4, -0.2) is 78.3 Å². The van der Waals surface area contributed by atoms with E-state index in [2.05, 4.69) is 0 Å². The van der Waals surface area contributed by atoms with Crippen LogP contribution in [0.5, 0.6) is 5.75 Å². The fourth-order valence-corrected chi connectivity index (χ4v) is 2.59. The van der Waals surface area contributed by atoms with Crippen LogP contribution in [0.3, 0.4) is 0 Å². The van der Waals surface area contributed by atoms with Crippen LogP contribution in [0, 0.1) is 0 Å². The number of hydrogen-bond acceptors (Lipinski definition) is 5. The van der Waals surface area contributed by atoms with Crippen molar-refractivity contribution in [2.24, 2.45) is 0 Å². The van der Waals surface area contributed by atoms with Gasteiger partial charge in [0.15, 0.2) is 0 Å². The number of ether oxygens (including phenoxy) is 1. The molecule has 1 aliphatic rings. The first-order valence-electron chi connectivity index (χ1n) is 6.89. The van der Waals surface area contributed by atoms with Gasteiger partial charge in [0.05, 0.1) is 24.8 Å². The molecule has 0 saturated carbocycles. The molecule has 1 saturated heterocycles. The van der Waals surface area contributed by atoms with Crippen molar-refractivity contribution in [2.75, 3.05) is 34.3 Å². The van der Waals surface area contributed by atoms with Crippen LogP contribution in [0.25, 0.3) is 0 Å². The van der Waals surface area contributed by atoms with Gasteiger partial charge in [-0.25, -0.2) is 4.79 Å². The first kappa shape index (κ1) is 16.3. The van der Waals surface area contributed by atoms with E-state index < -0.39 is 12.1 Å². The number of rotatable bonds is 4. The summed E-state index contributed by atoms with van der Waals surface area (Å²) >= 11 is 0. The summed E-state index contributed by atoms with van der Waals surface area (Å²) in [5, 5.41) is 19.1. The molecule has 1 aromatic rings. The molecule has 0 radical (unpaired) electrons. The molecule has 0 aromatic heterocycles. The van der Waals surface area contributed by atoms with E-state index in [-0.39, 0.29) is 29.6 Å². The molecule has 1 amide bonds. The van der Waals surface area contributed by atoms with Crippen LogP contribution in [-0.2, 0) is 0 Å². The summed E-state index contributed by atoms with van der Waals surface area (Å²) < 4.78 is 5.05. The number of β-amino-alcohol motifs (C(OH)–C–C–N with tert-alkyl or cyclic N) is 1. The summed E-state index contributed by atoms with van der Waals surface area (Å²) in [4.78, 5) is 27.1. The van der Waals surface area contributed by atoms with Gasteiger partial charge in [-0.2, -0.15) is 0 Å². The highest BCUT2D eigenvalue weighted by Gasteiger charge is 2.35. The molecule has 0 unspecified atom stereocenters. The second-order valence-electron chi connectivity index (χ2n) is 5.56. The molecule has 1 aliphatic heterocycles. The lowest BCUT2D eigenvalue weighted by Crippen LogP contribution is -2.38. The van der Waals surface area contributed by atoms with Crippen molar-refractivity contribution in [3.05, 3.63) is 29.3 Å². The third kappa shape index (κ3) is 3.20. The Balaban J connectivity index is 2.26. The number of aliphatic hydroxyl groups excluding tert-OH is 1. The van der Waals surface area contributed by atoms with Crippen LogP contribution in [0.4, 0.5) is 0 Å². The van der Waals surface area contributed by atoms with E-state index in [4.69, 9.17) is 9.84 Å². The zero-order chi connectivity index (χ0) is 16.4. The third-order valence-electron chi connectivity index (χ3n) is 3.85. The number of amides is 1. The molecule has 0 spiro atoms. The maximum Gasteiger partial charge on any atom is 0.335 e. The normalized spacial score (nSPS) is 21.2. The first-order valence-corrected chi connectivity index (χ1v) is 6.89. The maximum atomic E-state index is 12.6. The van der Waals surface area contributed by atoms with Crippen molar-refractivity contribution in [3.8, 4) is 5.75 Å². The molecule has 0 bridgehead atoms. The lowest BCUT2D eigenvalue weighted by Gasteiger charge is -2.21. The number of nitrogens with zero attached hydrogens (tertiary/aromatic N) is 2. The number of carboxylic acids is 1. The van der Waals surface area contributed by atoms with E-state index in [1.807, 2.05) is 19.0 Å². The minimum atomic E-state index is -1.12. The van der Waals surface area contributed by atoms with E-state index in [9.17, 15) is 14.7 Å². The van der Waals surface area contributed by atoms with E-state index >= 15 is 0 Å². The quantitative estimate of drug-likeness (QED) is 0.822. The Morgan fingerprint density at radius 1 is 1.23 bits per heavy atom. The largest absolute Gasteiger partial charge is 0.497 e. The fourth-order valence-electron chi connectivity index (χ4n) is 2.59. The standard InChI is InChI=1S/C15H20N2O5/c1-16(2)12-7-17(8-13(12)18)14(19)9-4-10(15(20)21)6-11(5-9)22-3/h4-6,12-13,18H,7-8H2,1-3H3,(H,20,21)/t12-,13-/m0/s1. The number of carboxylic acid groups (broad SMARTS) is 1. The molecule has 0 aliphatic carbocycles. The molecule has 22 heavy (non-hydrogen) atoms. The van der Waals surface area contributed by atoms with Crippen LogP contribution < -0.4 is 4.74 Å². The highest BCUT2D eigenvalue weighted by atomic mass is 16.5. The smallest absolute Gasteiger partial charge is 0.335 e. The average Bonchev–Trinajstić information content (AvgIpc) is 2.88. The number of benzene rings is 1. The van der Waals surface area contributed by atoms with Crippen LogP contribution in [0.1, 0.15) is 20.7 Å². The number of hydrogen-bond donors (Lipinski definition) is 2. The summed E-state index contributed by atoms with van der Waals surface area (Å²) in [7, 11) is 5.10. The van der Waals surface area contributed by atoms with Crippen molar-refractivity contribution in [1.82, 2.24) is 9.80 Å². The van der Waals surface area contributed by atoms with Crippen LogP contribution >= 0.6 is 0 Å². The Morgan fingerprint density at radius 2 is 1.86 bits per heavy atom. The number of carbonyl (C=O) groups excluding carboxylic acids is 1. The van der Waals surface area contributed by atoms with Gasteiger partial charge in [-0.05, 0) is 32.3 Å². The molecule has 2 N–H and O–H groups in total. The molecule has 2 rings (SSSR count). The maximum absolute atomic E-state index is 12.6. The fraction of sp³-hybridized carbons (Fsp3) is 0.467. The van der Waals surface area contributed by atoms with Crippen molar-refractivity contribution >= 4 is 11.9 Å². The van der Waals surface area contributed by atoms with Gasteiger partial charge in [0.1, 0.15) is 5.75 Å². The highest BCUT2D eigenvalue weighted by Crippen LogP contribution is 2.22. The zero-order valence-corrected chi connectivity index (χ0v) is 12.8. The van der Waals surface area contributed by atoms with Crippen LogP contribution in [0.2, 0.25) is 0 Å². The summed E-state index contributed by atoms with van der Waals surface area (Å²) in [5.41, 5.74) is 0.231. The average molecular weight is 308 g/mol. The minimum absolute atomic E-state index is 0.00777. The number of methoxy groups -OCH3 is 1. The Bertz CT molecular complexity index is 587. The Labute approximate surface area is 128 Å². The number of aliphatic hydroxyl groups is 1. The van der Waals surface area contributed by atoms with E-state index in [1.54, 1.807) is 0 Å². The molecule has 1 aromatic carbocycles. The van der Waals surface area contributed by atoms with E-state index in [1.165, 1.54) is 30.2 Å². The van der Waals surface area contributed by atoms with Crippen molar-refractivity contribution in [3.63, 3.8) is 0 Å². The number of aromatic carboxylic acids is 1. The van der Waals surface area contributed by atoms with Gasteiger partial charge < -0.3 is 24.7 Å². The predicted octanol–water partition coefficient (Wildman–Crippen LogP) is 0.140. The number of carbonyl (C=O) groups is 2. The lowest BCUT2D eigenvalue weighted by atomic mass is 10.1. The first-order chi connectivity index (χ1) is 10.3. The van der Waals surface area contributed by atoms with Crippen molar-refractivity contribution < 1.29 is 24.5 Å². The summed E-state index contributed by atoms with van der Waals surface area (Å²) in [6.07, 6.45) is -0.622. The third-order valence-corrected chi connectivity index (χ3v) is 3.85. The van der Waals surface area contributed by atoms with Gasteiger partial charge in [-0.1, -0.05) is 0 Å². The molecular weight excluding hydrogens is 288 g/mol. The molecular formula is C15H20N2O5. The van der Waals surface area contributed by atoms with E-state index in [0.717, 1.165) is 0 Å². The van der Waals surface area contributed by atoms with Gasteiger partial charge >= 0.3 is 5.97 Å². The summed E-state index contributed by atoms with van der Waals surface area (Å²) in [5.74, 6) is -1.13. The van der Waals surface area contributed by atoms with E-state index in [0.29, 0.717) is 12.3 Å². The minimum Gasteiger partial charge on any atom is -0.497 e. The SMILES string of the molecule is COc1cc(C(=O)O)cc(C(=O)N2C[C@H](O)[C@@H](N(C)C)C2)c1. The topological polar surface area (TPSA) is 90.3 Å². The van der Waals surface area contributed by atoms with Gasteiger partial charge in [-0.15, -0.1) is 0 Å². The van der Waals surface area contributed by atoms with Gasteiger partial charge in [0, 0.05) is 18.7 Å². The molecule has 7 heteroatoms. The van der Waals surface area contributed by atoms with Gasteiger partial charge in [-0.3, -0.25) is 4.79 Å². The summed E-state index contributed by atoms with van der Waals surface area (Å²) in [6, 6.07) is 4.06. The van der Waals surface area contributed by atoms with Gasteiger partial charge in [0.25, 0.3) is 5.91 Å². The van der Waals surface area contributed by atoms with Gasteiger partial charge in [0.2, 0.25) is 0 Å². The molecule has 2 atom stereocenters. The Morgan fingerprint density at radius 3 is 2.36 bits per heavy atom. The number of likely N-dealkylation sites (tertiary alicyclic amines) is 1. The summed E-state index contributed by atoms with van der Waals surface area (Å²) in [6.45, 7) is 0.619. The lowest BCUT2D eigenvalue weighted by molar-refractivity contribution is 0.0696. The Hall–Kier alpha value is -2.12. The second-order valence-corrected chi connectivity index (χ2v) is 5.56. The molecule has 1 fully saturated rings. The second kappa shape index (κ2) is 6.33.